The standard InChI is InChI=1S/C16H17FN4/c1-11-9-14(17)4-3-13(11)5-6-18-16-15-10-12(2)20-21(15)8-7-19-16/h3-4,7-10H,5-6H2,1-2H3,(H,18,19). The Morgan fingerprint density at radius 2 is 2.10 bits per heavy atom. The van der Waals surface area contributed by atoms with Crippen LogP contribution in [0, 0.1) is 19.7 Å². The quantitative estimate of drug-likeness (QED) is 0.800. The average Bonchev–Trinajstić information content (AvgIpc) is 2.82. The maximum Gasteiger partial charge on any atom is 0.152 e. The predicted octanol–water partition coefficient (Wildman–Crippen LogP) is 3.14. The normalized spacial score (nSPS) is 11.0. The van der Waals surface area contributed by atoms with Gasteiger partial charge >= 0.3 is 0 Å². The number of aromatic nitrogens is 3. The molecular formula is C16H17FN4. The lowest BCUT2D eigenvalue weighted by Crippen LogP contribution is -2.08. The molecule has 0 radical (unpaired) electrons. The Morgan fingerprint density at radius 3 is 2.90 bits per heavy atom. The van der Waals surface area contributed by atoms with E-state index in [9.17, 15) is 4.39 Å². The molecule has 3 rings (SSSR count). The van der Waals surface area contributed by atoms with Gasteiger partial charge in [0.1, 0.15) is 11.3 Å². The Bertz CT molecular complexity index is 779. The van der Waals surface area contributed by atoms with Gasteiger partial charge in [0.25, 0.3) is 0 Å². The number of anilines is 1. The molecule has 2 heterocycles. The molecule has 0 saturated heterocycles. The molecule has 5 heteroatoms. The van der Waals surface area contributed by atoms with Gasteiger partial charge in [-0.15, -0.1) is 0 Å². The highest BCUT2D eigenvalue weighted by Crippen LogP contribution is 2.15. The van der Waals surface area contributed by atoms with Gasteiger partial charge in [0.2, 0.25) is 0 Å². The Kier molecular flexibility index (Phi) is 3.56. The summed E-state index contributed by atoms with van der Waals surface area (Å²) in [6, 6.07) is 6.90. The molecule has 1 N–H and O–H groups in total. The molecule has 0 bridgehead atoms. The number of benzene rings is 1. The lowest BCUT2D eigenvalue weighted by Gasteiger charge is -2.09. The Labute approximate surface area is 122 Å². The van der Waals surface area contributed by atoms with Crippen LogP contribution in [0.1, 0.15) is 16.8 Å². The monoisotopic (exact) mass is 284 g/mol. The van der Waals surface area contributed by atoms with Crippen molar-refractivity contribution >= 4 is 11.3 Å². The van der Waals surface area contributed by atoms with Crippen molar-refractivity contribution in [3.05, 3.63) is 59.3 Å². The smallest absolute Gasteiger partial charge is 0.152 e. The molecule has 4 nitrogen and oxygen atoms in total. The summed E-state index contributed by atoms with van der Waals surface area (Å²) in [5.41, 5.74) is 4.04. The number of nitrogens with one attached hydrogen (secondary N) is 1. The molecule has 3 aromatic rings. The van der Waals surface area contributed by atoms with Gasteiger partial charge in [-0.3, -0.25) is 0 Å². The van der Waals surface area contributed by atoms with Crippen LogP contribution in [0.4, 0.5) is 10.2 Å². The minimum absolute atomic E-state index is 0.189. The zero-order chi connectivity index (χ0) is 14.8. The lowest BCUT2D eigenvalue weighted by atomic mass is 10.1. The van der Waals surface area contributed by atoms with Crippen molar-refractivity contribution in [3.63, 3.8) is 0 Å². The van der Waals surface area contributed by atoms with Crippen molar-refractivity contribution in [2.45, 2.75) is 20.3 Å². The molecule has 108 valence electrons. The van der Waals surface area contributed by atoms with Gasteiger partial charge in [0.15, 0.2) is 5.82 Å². The SMILES string of the molecule is Cc1cc2c(NCCc3ccc(F)cc3C)nccn2n1. The second-order valence-electron chi connectivity index (χ2n) is 5.14. The summed E-state index contributed by atoms with van der Waals surface area (Å²) in [7, 11) is 0. The molecule has 0 unspecified atom stereocenters. The van der Waals surface area contributed by atoms with E-state index in [1.54, 1.807) is 12.3 Å². The topological polar surface area (TPSA) is 42.2 Å². The van der Waals surface area contributed by atoms with Gasteiger partial charge in [0, 0.05) is 18.9 Å². The highest BCUT2D eigenvalue weighted by molar-refractivity contribution is 5.67. The van der Waals surface area contributed by atoms with E-state index < -0.39 is 0 Å². The van der Waals surface area contributed by atoms with Gasteiger partial charge in [-0.1, -0.05) is 6.07 Å². The maximum absolute atomic E-state index is 13.1. The van der Waals surface area contributed by atoms with E-state index in [1.807, 2.05) is 36.7 Å². The predicted molar refractivity (Wildman–Crippen MR) is 81.1 cm³/mol. The minimum atomic E-state index is -0.189. The van der Waals surface area contributed by atoms with E-state index >= 15 is 0 Å². The number of halogens is 1. The summed E-state index contributed by atoms with van der Waals surface area (Å²) in [5, 5.41) is 7.68. The fraction of sp³-hybridized carbons (Fsp3) is 0.250. The summed E-state index contributed by atoms with van der Waals surface area (Å²) < 4.78 is 14.9. The third-order valence-corrected chi connectivity index (χ3v) is 3.50. The van der Waals surface area contributed by atoms with Crippen molar-refractivity contribution in [3.8, 4) is 0 Å². The van der Waals surface area contributed by atoms with Crippen LogP contribution >= 0.6 is 0 Å². The van der Waals surface area contributed by atoms with Crippen molar-refractivity contribution in [1.82, 2.24) is 14.6 Å². The van der Waals surface area contributed by atoms with E-state index in [2.05, 4.69) is 15.4 Å². The molecular weight excluding hydrogens is 267 g/mol. The van der Waals surface area contributed by atoms with E-state index in [0.29, 0.717) is 0 Å². The van der Waals surface area contributed by atoms with Crippen LogP contribution in [0.3, 0.4) is 0 Å². The second kappa shape index (κ2) is 5.52. The lowest BCUT2D eigenvalue weighted by molar-refractivity contribution is 0.625. The molecule has 0 spiro atoms. The number of aryl methyl sites for hydroxylation is 2. The van der Waals surface area contributed by atoms with E-state index in [4.69, 9.17) is 0 Å². The summed E-state index contributed by atoms with van der Waals surface area (Å²) in [5.74, 6) is 0.628. The Morgan fingerprint density at radius 1 is 1.24 bits per heavy atom. The average molecular weight is 284 g/mol. The first-order valence-electron chi connectivity index (χ1n) is 6.93. The van der Waals surface area contributed by atoms with Crippen molar-refractivity contribution in [2.75, 3.05) is 11.9 Å². The highest BCUT2D eigenvalue weighted by atomic mass is 19.1. The van der Waals surface area contributed by atoms with Crippen LogP contribution in [0.15, 0.2) is 36.7 Å². The summed E-state index contributed by atoms with van der Waals surface area (Å²) in [6.07, 6.45) is 4.38. The minimum Gasteiger partial charge on any atom is -0.368 e. The summed E-state index contributed by atoms with van der Waals surface area (Å²) in [6.45, 7) is 4.62. The van der Waals surface area contributed by atoms with Gasteiger partial charge in [-0.2, -0.15) is 5.10 Å². The van der Waals surface area contributed by atoms with Crippen molar-refractivity contribution in [1.29, 1.82) is 0 Å². The van der Waals surface area contributed by atoms with E-state index in [1.165, 1.54) is 6.07 Å². The van der Waals surface area contributed by atoms with Gasteiger partial charge in [0.05, 0.1) is 5.69 Å². The number of fused-ring (bicyclic) bond motifs is 1. The third kappa shape index (κ3) is 2.86. The van der Waals surface area contributed by atoms with Crippen LogP contribution < -0.4 is 5.32 Å². The second-order valence-corrected chi connectivity index (χ2v) is 5.14. The Balaban J connectivity index is 1.72. The zero-order valence-corrected chi connectivity index (χ0v) is 12.1. The molecule has 1 aromatic carbocycles. The van der Waals surface area contributed by atoms with Crippen molar-refractivity contribution in [2.24, 2.45) is 0 Å². The van der Waals surface area contributed by atoms with Crippen LogP contribution in [-0.2, 0) is 6.42 Å². The van der Waals surface area contributed by atoms with Gasteiger partial charge in [-0.05, 0) is 49.6 Å². The zero-order valence-electron chi connectivity index (χ0n) is 12.1. The van der Waals surface area contributed by atoms with Crippen LogP contribution in [0.5, 0.6) is 0 Å². The Hall–Kier alpha value is -2.43. The summed E-state index contributed by atoms with van der Waals surface area (Å²) >= 11 is 0. The number of rotatable bonds is 4. The largest absolute Gasteiger partial charge is 0.368 e. The summed E-state index contributed by atoms with van der Waals surface area (Å²) in [4.78, 5) is 4.36. The van der Waals surface area contributed by atoms with Gasteiger partial charge in [-0.25, -0.2) is 13.9 Å². The van der Waals surface area contributed by atoms with E-state index in [-0.39, 0.29) is 5.82 Å². The third-order valence-electron chi connectivity index (χ3n) is 3.50. The number of hydrogen-bond donors (Lipinski definition) is 1. The number of hydrogen-bond acceptors (Lipinski definition) is 3. The molecule has 21 heavy (non-hydrogen) atoms. The van der Waals surface area contributed by atoms with Crippen LogP contribution in [-0.4, -0.2) is 21.1 Å². The molecule has 0 fully saturated rings. The van der Waals surface area contributed by atoms with Gasteiger partial charge < -0.3 is 5.32 Å². The molecule has 0 amide bonds. The molecule has 2 aromatic heterocycles. The van der Waals surface area contributed by atoms with E-state index in [0.717, 1.165) is 41.1 Å². The maximum atomic E-state index is 13.1. The first kappa shape index (κ1) is 13.5. The van der Waals surface area contributed by atoms with Crippen LogP contribution in [0.2, 0.25) is 0 Å². The molecule has 0 atom stereocenters. The fourth-order valence-corrected chi connectivity index (χ4v) is 2.44. The molecule has 0 saturated carbocycles. The van der Waals surface area contributed by atoms with Crippen LogP contribution in [0.25, 0.3) is 5.52 Å². The fourth-order valence-electron chi connectivity index (χ4n) is 2.44. The molecule has 0 aliphatic heterocycles. The highest BCUT2D eigenvalue weighted by Gasteiger charge is 2.05. The number of nitrogens with zero attached hydrogens (tertiary/aromatic N) is 3. The first-order valence-corrected chi connectivity index (χ1v) is 6.93. The van der Waals surface area contributed by atoms with Crippen molar-refractivity contribution < 1.29 is 4.39 Å². The molecule has 0 aliphatic rings. The molecule has 0 aliphatic carbocycles. The first-order chi connectivity index (χ1) is 10.1.